The third-order valence-corrected chi connectivity index (χ3v) is 4.12. The smallest absolute Gasteiger partial charge is 0.416 e. The number of alkyl halides is 3. The molecule has 0 bridgehead atoms. The third kappa shape index (κ3) is 5.87. The zero-order valence-electron chi connectivity index (χ0n) is 15.1. The summed E-state index contributed by atoms with van der Waals surface area (Å²) in [4.78, 5) is 23.9. The second kappa shape index (κ2) is 8.75. The van der Waals surface area contributed by atoms with Gasteiger partial charge in [0.05, 0.1) is 12.7 Å². The molecule has 0 unspecified atom stereocenters. The number of carbonyl (C=O) groups is 1. The second-order valence-electron chi connectivity index (χ2n) is 6.07. The number of ether oxygens (including phenoxy) is 1. The number of pyridine rings is 1. The van der Waals surface area contributed by atoms with Crippen LogP contribution in [0.1, 0.15) is 23.2 Å². The third-order valence-electron chi connectivity index (χ3n) is 4.12. The molecule has 0 saturated heterocycles. The largest absolute Gasteiger partial charge is 0.496 e. The van der Waals surface area contributed by atoms with Gasteiger partial charge in [0.2, 0.25) is 5.91 Å². The first-order chi connectivity index (χ1) is 12.7. The zero-order valence-corrected chi connectivity index (χ0v) is 15.1. The number of hydrogen-bond donors (Lipinski definition) is 1. The molecule has 0 aliphatic rings. The van der Waals surface area contributed by atoms with Gasteiger partial charge in [0.25, 0.3) is 5.56 Å². The lowest BCUT2D eigenvalue weighted by Crippen LogP contribution is -2.31. The lowest BCUT2D eigenvalue weighted by molar-refractivity contribution is -0.137. The number of amides is 1. The molecule has 2 aromatic rings. The molecule has 5 nitrogen and oxygen atoms in total. The summed E-state index contributed by atoms with van der Waals surface area (Å²) >= 11 is 0. The van der Waals surface area contributed by atoms with Gasteiger partial charge in [0.15, 0.2) is 0 Å². The molecule has 2 rings (SSSR count). The Morgan fingerprint density at radius 3 is 2.41 bits per heavy atom. The number of aryl methyl sites for hydroxylation is 2. The number of aromatic nitrogens is 1. The summed E-state index contributed by atoms with van der Waals surface area (Å²) in [6.07, 6.45) is -3.87. The first-order valence-electron chi connectivity index (χ1n) is 8.39. The molecule has 0 aliphatic carbocycles. The first-order valence-corrected chi connectivity index (χ1v) is 8.39. The van der Waals surface area contributed by atoms with Crippen LogP contribution >= 0.6 is 0 Å². The predicted molar refractivity (Wildman–Crippen MR) is 94.8 cm³/mol. The minimum atomic E-state index is -4.37. The van der Waals surface area contributed by atoms with E-state index >= 15 is 0 Å². The van der Waals surface area contributed by atoms with E-state index in [-0.39, 0.29) is 24.4 Å². The Morgan fingerprint density at radius 2 is 1.85 bits per heavy atom. The average molecular weight is 382 g/mol. The van der Waals surface area contributed by atoms with Crippen LogP contribution in [0.2, 0.25) is 0 Å². The van der Waals surface area contributed by atoms with Crippen molar-refractivity contribution in [3.8, 4) is 5.75 Å². The molecule has 8 heteroatoms. The lowest BCUT2D eigenvalue weighted by Gasteiger charge is -2.12. The van der Waals surface area contributed by atoms with Gasteiger partial charge in [-0.25, -0.2) is 0 Å². The van der Waals surface area contributed by atoms with Crippen LogP contribution in [-0.2, 0) is 23.9 Å². The standard InChI is InChI=1S/C19H21F3N2O3/c1-13-11-16(27-2)12-18(26)24(13)10-9-23-17(25)8-5-14-3-6-15(7-4-14)19(20,21)22/h3-4,6-7,11-12H,5,8-10H2,1-2H3,(H,23,25). The van der Waals surface area contributed by atoms with E-state index in [1.807, 2.05) is 0 Å². The number of methoxy groups -OCH3 is 1. The molecule has 1 N–H and O–H groups in total. The van der Waals surface area contributed by atoms with Crippen LogP contribution in [0.3, 0.4) is 0 Å². The molecule has 0 atom stereocenters. The molecular weight excluding hydrogens is 361 g/mol. The maximum absolute atomic E-state index is 12.5. The summed E-state index contributed by atoms with van der Waals surface area (Å²) in [5, 5.41) is 2.71. The molecule has 0 spiro atoms. The van der Waals surface area contributed by atoms with E-state index in [9.17, 15) is 22.8 Å². The van der Waals surface area contributed by atoms with Crippen molar-refractivity contribution in [1.29, 1.82) is 0 Å². The Hall–Kier alpha value is -2.77. The van der Waals surface area contributed by atoms with Crippen LogP contribution in [0, 0.1) is 6.92 Å². The van der Waals surface area contributed by atoms with Crippen molar-refractivity contribution in [1.82, 2.24) is 9.88 Å². The first kappa shape index (κ1) is 20.5. The van der Waals surface area contributed by atoms with E-state index in [4.69, 9.17) is 4.74 Å². The van der Waals surface area contributed by atoms with Gasteiger partial charge in [-0.1, -0.05) is 12.1 Å². The van der Waals surface area contributed by atoms with Gasteiger partial charge < -0.3 is 14.6 Å². The molecule has 0 radical (unpaired) electrons. The predicted octanol–water partition coefficient (Wildman–Crippen LogP) is 2.93. The second-order valence-corrected chi connectivity index (χ2v) is 6.07. The molecule has 1 heterocycles. The molecule has 146 valence electrons. The molecule has 1 aromatic heterocycles. The zero-order chi connectivity index (χ0) is 20.0. The van der Waals surface area contributed by atoms with E-state index in [2.05, 4.69) is 5.32 Å². The van der Waals surface area contributed by atoms with Crippen molar-refractivity contribution >= 4 is 5.91 Å². The summed E-state index contributed by atoms with van der Waals surface area (Å²) in [6, 6.07) is 7.86. The Kier molecular flexibility index (Phi) is 6.65. The van der Waals surface area contributed by atoms with Crippen LogP contribution in [0.5, 0.6) is 5.75 Å². The molecule has 1 amide bonds. The fourth-order valence-electron chi connectivity index (χ4n) is 2.62. The summed E-state index contributed by atoms with van der Waals surface area (Å²) in [7, 11) is 1.48. The van der Waals surface area contributed by atoms with E-state index in [1.165, 1.54) is 29.9 Å². The van der Waals surface area contributed by atoms with Gasteiger partial charge >= 0.3 is 6.18 Å². The molecule has 1 aromatic carbocycles. The summed E-state index contributed by atoms with van der Waals surface area (Å²) in [5.74, 6) is 0.253. The monoisotopic (exact) mass is 382 g/mol. The van der Waals surface area contributed by atoms with Crippen LogP contribution in [0.4, 0.5) is 13.2 Å². The van der Waals surface area contributed by atoms with Gasteiger partial charge in [-0.05, 0) is 37.1 Å². The number of hydrogen-bond acceptors (Lipinski definition) is 3. The molecule has 0 aliphatic heterocycles. The highest BCUT2D eigenvalue weighted by Gasteiger charge is 2.29. The van der Waals surface area contributed by atoms with Crippen molar-refractivity contribution < 1.29 is 22.7 Å². The maximum Gasteiger partial charge on any atom is 0.416 e. The molecular formula is C19H21F3N2O3. The van der Waals surface area contributed by atoms with Crippen molar-refractivity contribution in [2.24, 2.45) is 0 Å². The van der Waals surface area contributed by atoms with Crippen molar-refractivity contribution in [2.45, 2.75) is 32.5 Å². The summed E-state index contributed by atoms with van der Waals surface area (Å²) in [6.45, 7) is 2.37. The topological polar surface area (TPSA) is 60.3 Å². The Labute approximate surface area is 154 Å². The fraction of sp³-hybridized carbons (Fsp3) is 0.368. The number of nitrogens with one attached hydrogen (secondary N) is 1. The highest BCUT2D eigenvalue weighted by atomic mass is 19.4. The van der Waals surface area contributed by atoms with Crippen LogP contribution in [0.25, 0.3) is 0 Å². The summed E-state index contributed by atoms with van der Waals surface area (Å²) < 4.78 is 44.1. The molecule has 0 saturated carbocycles. The number of halogens is 3. The van der Waals surface area contributed by atoms with Gasteiger partial charge in [-0.3, -0.25) is 9.59 Å². The van der Waals surface area contributed by atoms with Gasteiger partial charge in [-0.15, -0.1) is 0 Å². The Morgan fingerprint density at radius 1 is 1.19 bits per heavy atom. The van der Waals surface area contributed by atoms with E-state index < -0.39 is 11.7 Å². The number of benzene rings is 1. The van der Waals surface area contributed by atoms with Crippen LogP contribution < -0.4 is 15.6 Å². The average Bonchev–Trinajstić information content (AvgIpc) is 2.61. The fourth-order valence-corrected chi connectivity index (χ4v) is 2.62. The van der Waals surface area contributed by atoms with Crippen molar-refractivity contribution in [2.75, 3.05) is 13.7 Å². The Bertz CT molecular complexity index is 843. The van der Waals surface area contributed by atoms with Crippen LogP contribution in [0.15, 0.2) is 41.2 Å². The van der Waals surface area contributed by atoms with E-state index in [1.54, 1.807) is 13.0 Å². The van der Waals surface area contributed by atoms with Gasteiger partial charge in [0, 0.05) is 31.3 Å². The van der Waals surface area contributed by atoms with Gasteiger partial charge in [0.1, 0.15) is 5.75 Å². The SMILES string of the molecule is COc1cc(C)n(CCNC(=O)CCc2ccc(C(F)(F)F)cc2)c(=O)c1. The quantitative estimate of drug-likeness (QED) is 0.801. The van der Waals surface area contributed by atoms with Crippen molar-refractivity contribution in [3.05, 3.63) is 63.6 Å². The summed E-state index contributed by atoms with van der Waals surface area (Å²) in [5.41, 5.74) is 0.445. The lowest BCUT2D eigenvalue weighted by atomic mass is 10.1. The molecule has 0 fully saturated rings. The van der Waals surface area contributed by atoms with E-state index in [0.717, 1.165) is 17.8 Å². The van der Waals surface area contributed by atoms with E-state index in [0.29, 0.717) is 24.3 Å². The highest BCUT2D eigenvalue weighted by Crippen LogP contribution is 2.29. The molecule has 27 heavy (non-hydrogen) atoms. The highest BCUT2D eigenvalue weighted by molar-refractivity contribution is 5.76. The number of carbonyl (C=O) groups excluding carboxylic acids is 1. The van der Waals surface area contributed by atoms with Crippen LogP contribution in [-0.4, -0.2) is 24.1 Å². The number of rotatable bonds is 7. The minimum absolute atomic E-state index is 0.155. The maximum atomic E-state index is 12.5. The Balaban J connectivity index is 1.81. The number of nitrogens with zero attached hydrogens (tertiary/aromatic N) is 1. The van der Waals surface area contributed by atoms with Gasteiger partial charge in [-0.2, -0.15) is 13.2 Å². The normalized spacial score (nSPS) is 11.3. The van der Waals surface area contributed by atoms with Crippen molar-refractivity contribution in [3.63, 3.8) is 0 Å². The minimum Gasteiger partial charge on any atom is -0.496 e.